The maximum atomic E-state index is 13.7. The minimum atomic E-state index is -3.22. The predicted molar refractivity (Wildman–Crippen MR) is 104 cm³/mol. The standard InChI is InChI=1S/C22H16F3NO4/c1-2-10-29-18-14-8-3-4-9-15(14)19(30-22(24)25)17-16(18)20(27)26(21(17)28)13-7-5-6-12(23)11-13/h3-9,11,22H,2,10H2,1H3. The Bertz CT molecular complexity index is 1160. The van der Waals surface area contributed by atoms with Crippen molar-refractivity contribution < 1.29 is 32.2 Å². The second-order valence-electron chi connectivity index (χ2n) is 6.61. The third-order valence-corrected chi connectivity index (χ3v) is 4.68. The van der Waals surface area contributed by atoms with Gasteiger partial charge >= 0.3 is 6.61 Å². The van der Waals surface area contributed by atoms with Crippen LogP contribution in [0.3, 0.4) is 0 Å². The molecule has 0 aromatic heterocycles. The lowest BCUT2D eigenvalue weighted by molar-refractivity contribution is -0.0491. The number of halogens is 3. The first-order chi connectivity index (χ1) is 14.4. The lowest BCUT2D eigenvalue weighted by Crippen LogP contribution is -2.29. The first-order valence-electron chi connectivity index (χ1n) is 9.24. The lowest BCUT2D eigenvalue weighted by atomic mass is 9.99. The molecule has 0 bridgehead atoms. The van der Waals surface area contributed by atoms with Gasteiger partial charge in [0.05, 0.1) is 23.4 Å². The van der Waals surface area contributed by atoms with Crippen molar-refractivity contribution in [2.45, 2.75) is 20.0 Å². The summed E-state index contributed by atoms with van der Waals surface area (Å²) in [5.74, 6) is -2.63. The van der Waals surface area contributed by atoms with Crippen molar-refractivity contribution in [2.24, 2.45) is 0 Å². The van der Waals surface area contributed by atoms with E-state index in [0.717, 1.165) is 17.0 Å². The molecule has 1 heterocycles. The molecule has 0 saturated carbocycles. The van der Waals surface area contributed by atoms with Crippen LogP contribution in [0.5, 0.6) is 11.5 Å². The van der Waals surface area contributed by atoms with Crippen molar-refractivity contribution in [2.75, 3.05) is 11.5 Å². The Morgan fingerprint density at radius 3 is 2.17 bits per heavy atom. The molecule has 0 radical (unpaired) electrons. The number of carbonyl (C=O) groups excluding carboxylic acids is 2. The molecular formula is C22H16F3NO4. The largest absolute Gasteiger partial charge is 0.492 e. The molecule has 0 N–H and O–H groups in total. The van der Waals surface area contributed by atoms with Crippen LogP contribution in [-0.2, 0) is 0 Å². The Kier molecular flexibility index (Phi) is 5.07. The number of hydrogen-bond donors (Lipinski definition) is 0. The van der Waals surface area contributed by atoms with Gasteiger partial charge in [0.2, 0.25) is 0 Å². The molecule has 8 heteroatoms. The lowest BCUT2D eigenvalue weighted by Gasteiger charge is -2.16. The second kappa shape index (κ2) is 7.70. The molecule has 2 amide bonds. The molecule has 5 nitrogen and oxygen atoms in total. The van der Waals surface area contributed by atoms with E-state index in [1.54, 1.807) is 18.2 Å². The molecule has 0 fully saturated rings. The quantitative estimate of drug-likeness (QED) is 0.522. The van der Waals surface area contributed by atoms with Gasteiger partial charge in [0.25, 0.3) is 11.8 Å². The number of rotatable bonds is 6. The number of fused-ring (bicyclic) bond motifs is 2. The number of amides is 2. The van der Waals surface area contributed by atoms with Gasteiger partial charge in [-0.05, 0) is 24.6 Å². The average Bonchev–Trinajstić information content (AvgIpc) is 2.98. The fourth-order valence-corrected chi connectivity index (χ4v) is 3.51. The molecule has 1 aliphatic heterocycles. The zero-order chi connectivity index (χ0) is 21.4. The highest BCUT2D eigenvalue weighted by Gasteiger charge is 2.44. The topological polar surface area (TPSA) is 55.8 Å². The van der Waals surface area contributed by atoms with Gasteiger partial charge in [0, 0.05) is 10.8 Å². The van der Waals surface area contributed by atoms with Gasteiger partial charge in [0.1, 0.15) is 17.3 Å². The van der Waals surface area contributed by atoms with Crippen LogP contribution < -0.4 is 14.4 Å². The van der Waals surface area contributed by atoms with Crippen LogP contribution in [0.4, 0.5) is 18.9 Å². The highest BCUT2D eigenvalue weighted by atomic mass is 19.3. The summed E-state index contributed by atoms with van der Waals surface area (Å²) in [6.45, 7) is -1.11. The maximum Gasteiger partial charge on any atom is 0.387 e. The Morgan fingerprint density at radius 1 is 0.933 bits per heavy atom. The third-order valence-electron chi connectivity index (χ3n) is 4.68. The number of nitrogens with zero attached hydrogens (tertiary/aromatic N) is 1. The Hall–Kier alpha value is -3.55. The van der Waals surface area contributed by atoms with Crippen molar-refractivity contribution in [1.29, 1.82) is 0 Å². The third kappa shape index (κ3) is 3.14. The Morgan fingerprint density at radius 2 is 1.57 bits per heavy atom. The molecule has 154 valence electrons. The highest BCUT2D eigenvalue weighted by molar-refractivity contribution is 6.38. The average molecular weight is 415 g/mol. The van der Waals surface area contributed by atoms with Gasteiger partial charge in [-0.25, -0.2) is 9.29 Å². The van der Waals surface area contributed by atoms with Crippen LogP contribution in [0.15, 0.2) is 48.5 Å². The van der Waals surface area contributed by atoms with E-state index in [2.05, 4.69) is 0 Å². The van der Waals surface area contributed by atoms with Gasteiger partial charge in [0.15, 0.2) is 0 Å². The van der Waals surface area contributed by atoms with Crippen LogP contribution in [0, 0.1) is 5.82 Å². The summed E-state index contributed by atoms with van der Waals surface area (Å²) in [7, 11) is 0. The first-order valence-corrected chi connectivity index (χ1v) is 9.24. The molecule has 0 unspecified atom stereocenters. The fourth-order valence-electron chi connectivity index (χ4n) is 3.51. The number of benzene rings is 3. The molecule has 1 aliphatic rings. The van der Waals surface area contributed by atoms with Crippen LogP contribution in [0.2, 0.25) is 0 Å². The molecule has 0 saturated heterocycles. The number of imide groups is 1. The maximum absolute atomic E-state index is 13.7. The van der Waals surface area contributed by atoms with E-state index in [-0.39, 0.29) is 34.6 Å². The van der Waals surface area contributed by atoms with Crippen LogP contribution in [-0.4, -0.2) is 25.0 Å². The zero-order valence-corrected chi connectivity index (χ0v) is 15.8. The fraction of sp³-hybridized carbons (Fsp3) is 0.182. The number of hydrogen-bond acceptors (Lipinski definition) is 4. The summed E-state index contributed by atoms with van der Waals surface area (Å²) >= 11 is 0. The number of alkyl halides is 2. The van der Waals surface area contributed by atoms with Gasteiger partial charge in [-0.3, -0.25) is 9.59 Å². The monoisotopic (exact) mass is 415 g/mol. The zero-order valence-electron chi connectivity index (χ0n) is 15.8. The van der Waals surface area contributed by atoms with Gasteiger partial charge in [-0.2, -0.15) is 8.78 Å². The Labute approximate surface area is 169 Å². The summed E-state index contributed by atoms with van der Waals surface area (Å²) in [4.78, 5) is 27.2. The van der Waals surface area contributed by atoms with Crippen molar-refractivity contribution >= 4 is 28.3 Å². The van der Waals surface area contributed by atoms with Crippen molar-refractivity contribution in [3.8, 4) is 11.5 Å². The van der Waals surface area contributed by atoms with Gasteiger partial charge < -0.3 is 9.47 Å². The SMILES string of the molecule is CCCOc1c2c(c(OC(F)F)c3ccccc13)C(=O)N(c1cccc(F)c1)C2=O. The van der Waals surface area contributed by atoms with Gasteiger partial charge in [-0.15, -0.1) is 0 Å². The van der Waals surface area contributed by atoms with E-state index in [9.17, 15) is 22.8 Å². The van der Waals surface area contributed by atoms with E-state index in [1.807, 2.05) is 6.92 Å². The van der Waals surface area contributed by atoms with E-state index < -0.39 is 30.0 Å². The minimum absolute atomic E-state index is 0.0188. The van der Waals surface area contributed by atoms with Crippen LogP contribution in [0.25, 0.3) is 10.8 Å². The van der Waals surface area contributed by atoms with Crippen LogP contribution in [0.1, 0.15) is 34.1 Å². The molecule has 0 atom stereocenters. The summed E-state index contributed by atoms with van der Waals surface area (Å²) in [6.07, 6.45) is 0.619. The van der Waals surface area contributed by atoms with E-state index >= 15 is 0 Å². The molecule has 30 heavy (non-hydrogen) atoms. The smallest absolute Gasteiger partial charge is 0.387 e. The van der Waals surface area contributed by atoms with Crippen molar-refractivity contribution in [1.82, 2.24) is 0 Å². The van der Waals surface area contributed by atoms with Crippen LogP contribution >= 0.6 is 0 Å². The predicted octanol–water partition coefficient (Wildman–Crippen LogP) is 5.17. The summed E-state index contributed by atoms with van der Waals surface area (Å²) in [5, 5.41) is 0.576. The Balaban J connectivity index is 2.02. The molecule has 4 rings (SSSR count). The number of anilines is 1. The number of carbonyl (C=O) groups is 2. The summed E-state index contributed by atoms with van der Waals surface area (Å²) < 4.78 is 50.6. The minimum Gasteiger partial charge on any atom is -0.492 e. The first kappa shape index (κ1) is 19.8. The normalized spacial score (nSPS) is 13.3. The summed E-state index contributed by atoms with van der Waals surface area (Å²) in [5.41, 5.74) is -0.517. The van der Waals surface area contributed by atoms with Crippen molar-refractivity contribution in [3.63, 3.8) is 0 Å². The van der Waals surface area contributed by atoms with E-state index in [1.165, 1.54) is 18.2 Å². The van der Waals surface area contributed by atoms with E-state index in [0.29, 0.717) is 11.8 Å². The molecular weight excluding hydrogens is 399 g/mol. The molecule has 0 aliphatic carbocycles. The molecule has 0 spiro atoms. The van der Waals surface area contributed by atoms with Crippen molar-refractivity contribution in [3.05, 3.63) is 65.5 Å². The molecule has 3 aromatic rings. The highest BCUT2D eigenvalue weighted by Crippen LogP contribution is 2.46. The van der Waals surface area contributed by atoms with E-state index in [4.69, 9.17) is 9.47 Å². The number of ether oxygens (including phenoxy) is 2. The molecule has 3 aromatic carbocycles. The summed E-state index contributed by atoms with van der Waals surface area (Å²) in [6, 6.07) is 11.3. The second-order valence-corrected chi connectivity index (χ2v) is 6.61. The van der Waals surface area contributed by atoms with Gasteiger partial charge in [-0.1, -0.05) is 37.3 Å².